The molecule has 21 heavy (non-hydrogen) atoms. The van der Waals surface area contributed by atoms with Gasteiger partial charge in [0.05, 0.1) is 0 Å². The van der Waals surface area contributed by atoms with Crippen LogP contribution in [-0.4, -0.2) is 37.1 Å². The maximum Gasteiger partial charge on any atom is 0.0166 e. The van der Waals surface area contributed by atoms with Crippen LogP contribution in [0.5, 0.6) is 0 Å². The van der Waals surface area contributed by atoms with Gasteiger partial charge >= 0.3 is 0 Å². The molecule has 0 aliphatic heterocycles. The Morgan fingerprint density at radius 3 is 2.48 bits per heavy atom. The van der Waals surface area contributed by atoms with Crippen molar-refractivity contribution in [1.29, 1.82) is 0 Å². The minimum absolute atomic E-state index is 0.542. The van der Waals surface area contributed by atoms with Crippen molar-refractivity contribution in [2.75, 3.05) is 26.2 Å². The van der Waals surface area contributed by atoms with Crippen molar-refractivity contribution >= 4 is 10.8 Å². The Morgan fingerprint density at radius 1 is 1.00 bits per heavy atom. The zero-order valence-electron chi connectivity index (χ0n) is 13.6. The van der Waals surface area contributed by atoms with Gasteiger partial charge in [0.25, 0.3) is 0 Å². The minimum atomic E-state index is 0.542. The molecule has 2 heteroatoms. The topological polar surface area (TPSA) is 15.3 Å². The highest BCUT2D eigenvalue weighted by molar-refractivity contribution is 5.85. The number of fused-ring (bicyclic) bond motifs is 1. The molecule has 1 atom stereocenters. The maximum atomic E-state index is 3.65. The highest BCUT2D eigenvalue weighted by Gasteiger charge is 2.06. The van der Waals surface area contributed by atoms with Crippen LogP contribution in [0.1, 0.15) is 26.3 Å². The molecular weight excluding hydrogens is 256 g/mol. The van der Waals surface area contributed by atoms with Crippen molar-refractivity contribution in [2.24, 2.45) is 0 Å². The van der Waals surface area contributed by atoms with Gasteiger partial charge in [0, 0.05) is 12.6 Å². The zero-order valence-corrected chi connectivity index (χ0v) is 13.6. The molecule has 0 amide bonds. The molecule has 2 aromatic carbocycles. The molecule has 0 spiro atoms. The van der Waals surface area contributed by atoms with Crippen LogP contribution in [0.25, 0.3) is 10.8 Å². The van der Waals surface area contributed by atoms with Gasteiger partial charge in [-0.25, -0.2) is 0 Å². The molecule has 0 aliphatic rings. The first-order valence-corrected chi connectivity index (χ1v) is 8.17. The third-order valence-corrected chi connectivity index (χ3v) is 4.19. The Kier molecular flexibility index (Phi) is 6.21. The average Bonchev–Trinajstić information content (AvgIpc) is 2.53. The van der Waals surface area contributed by atoms with Crippen LogP contribution < -0.4 is 5.32 Å². The molecule has 0 fully saturated rings. The number of hydrogen-bond donors (Lipinski definition) is 1. The zero-order chi connectivity index (χ0) is 15.1. The lowest BCUT2D eigenvalue weighted by molar-refractivity contribution is 0.272. The Labute approximate surface area is 129 Å². The predicted molar refractivity (Wildman–Crippen MR) is 92.9 cm³/mol. The number of likely N-dealkylation sites (N-methyl/N-ethyl adjacent to an activating group) is 1. The number of benzene rings is 2. The van der Waals surface area contributed by atoms with E-state index in [0.717, 1.165) is 32.6 Å². The van der Waals surface area contributed by atoms with E-state index in [1.165, 1.54) is 16.3 Å². The number of nitrogens with one attached hydrogen (secondary N) is 1. The lowest BCUT2D eigenvalue weighted by Gasteiger charge is -2.23. The van der Waals surface area contributed by atoms with Gasteiger partial charge in [-0.1, -0.05) is 56.3 Å². The molecule has 2 aromatic rings. The van der Waals surface area contributed by atoms with Gasteiger partial charge in [-0.15, -0.1) is 0 Å². The first-order chi connectivity index (χ1) is 10.2. The fourth-order valence-electron chi connectivity index (χ4n) is 2.90. The Balaban J connectivity index is 1.88. The van der Waals surface area contributed by atoms with E-state index in [1.807, 2.05) is 0 Å². The normalized spacial score (nSPS) is 13.0. The molecule has 1 N–H and O–H groups in total. The van der Waals surface area contributed by atoms with Gasteiger partial charge in [-0.05, 0) is 49.3 Å². The monoisotopic (exact) mass is 284 g/mol. The molecule has 2 rings (SSSR count). The number of rotatable bonds is 8. The summed E-state index contributed by atoms with van der Waals surface area (Å²) >= 11 is 0. The van der Waals surface area contributed by atoms with E-state index in [-0.39, 0.29) is 0 Å². The molecule has 0 aromatic heterocycles. The Morgan fingerprint density at radius 2 is 1.71 bits per heavy atom. The molecular formula is C19H28N2. The van der Waals surface area contributed by atoms with Gasteiger partial charge in [-0.2, -0.15) is 0 Å². The van der Waals surface area contributed by atoms with E-state index in [4.69, 9.17) is 0 Å². The lowest BCUT2D eigenvalue weighted by Crippen LogP contribution is -2.39. The van der Waals surface area contributed by atoms with Crippen LogP contribution in [0.15, 0.2) is 42.5 Å². The molecule has 114 valence electrons. The van der Waals surface area contributed by atoms with Crippen LogP contribution in [0.4, 0.5) is 0 Å². The Hall–Kier alpha value is -1.38. The molecule has 0 bridgehead atoms. The van der Waals surface area contributed by atoms with Crippen LogP contribution in [0.2, 0.25) is 0 Å². The third kappa shape index (κ3) is 4.55. The number of hydrogen-bond acceptors (Lipinski definition) is 2. The first-order valence-electron chi connectivity index (χ1n) is 8.17. The standard InChI is InChI=1S/C19H28N2/c1-4-21(5-2)15-16(3)20-14-13-18-11-8-10-17-9-6-7-12-19(17)18/h6-12,16,20H,4-5,13-15H2,1-3H3. The maximum absolute atomic E-state index is 3.65. The minimum Gasteiger partial charge on any atom is -0.313 e. The average molecular weight is 284 g/mol. The van der Waals surface area contributed by atoms with Crippen LogP contribution >= 0.6 is 0 Å². The van der Waals surface area contributed by atoms with Crippen molar-refractivity contribution in [3.05, 3.63) is 48.0 Å². The molecule has 0 heterocycles. The van der Waals surface area contributed by atoms with Crippen LogP contribution in [0.3, 0.4) is 0 Å². The lowest BCUT2D eigenvalue weighted by atomic mass is 10.0. The third-order valence-electron chi connectivity index (χ3n) is 4.19. The summed E-state index contributed by atoms with van der Waals surface area (Å²) in [5.74, 6) is 0. The quantitative estimate of drug-likeness (QED) is 0.795. The van der Waals surface area contributed by atoms with E-state index < -0.39 is 0 Å². The summed E-state index contributed by atoms with van der Waals surface area (Å²) < 4.78 is 0. The molecule has 1 unspecified atom stereocenters. The van der Waals surface area contributed by atoms with E-state index >= 15 is 0 Å². The largest absolute Gasteiger partial charge is 0.313 e. The molecule has 0 saturated carbocycles. The van der Waals surface area contributed by atoms with Gasteiger partial charge in [0.1, 0.15) is 0 Å². The smallest absolute Gasteiger partial charge is 0.0166 e. The summed E-state index contributed by atoms with van der Waals surface area (Å²) in [6.45, 7) is 11.2. The molecule has 0 aliphatic carbocycles. The summed E-state index contributed by atoms with van der Waals surface area (Å²) in [5.41, 5.74) is 1.44. The second-order valence-electron chi connectivity index (χ2n) is 5.73. The second kappa shape index (κ2) is 8.16. The summed E-state index contributed by atoms with van der Waals surface area (Å²) in [4.78, 5) is 2.47. The highest BCUT2D eigenvalue weighted by Crippen LogP contribution is 2.18. The second-order valence-corrected chi connectivity index (χ2v) is 5.73. The molecule has 0 radical (unpaired) electrons. The van der Waals surface area contributed by atoms with E-state index in [0.29, 0.717) is 6.04 Å². The van der Waals surface area contributed by atoms with Crippen molar-refractivity contribution in [3.63, 3.8) is 0 Å². The highest BCUT2D eigenvalue weighted by atomic mass is 15.1. The van der Waals surface area contributed by atoms with E-state index in [9.17, 15) is 0 Å². The van der Waals surface area contributed by atoms with Crippen molar-refractivity contribution < 1.29 is 0 Å². The van der Waals surface area contributed by atoms with E-state index in [2.05, 4.69) is 73.5 Å². The van der Waals surface area contributed by atoms with Crippen molar-refractivity contribution in [1.82, 2.24) is 10.2 Å². The van der Waals surface area contributed by atoms with Gasteiger partial charge in [0.15, 0.2) is 0 Å². The molecule has 0 saturated heterocycles. The fourth-order valence-corrected chi connectivity index (χ4v) is 2.90. The SMILES string of the molecule is CCN(CC)CC(C)NCCc1cccc2ccccc12. The Bertz CT molecular complexity index is 541. The van der Waals surface area contributed by atoms with Gasteiger partial charge in [0.2, 0.25) is 0 Å². The fraction of sp³-hybridized carbons (Fsp3) is 0.474. The summed E-state index contributed by atoms with van der Waals surface area (Å²) in [6.07, 6.45) is 1.09. The first kappa shape index (κ1) is 16.0. The summed E-state index contributed by atoms with van der Waals surface area (Å²) in [5, 5.41) is 6.38. The summed E-state index contributed by atoms with van der Waals surface area (Å²) in [7, 11) is 0. The van der Waals surface area contributed by atoms with Crippen molar-refractivity contribution in [2.45, 2.75) is 33.2 Å². The van der Waals surface area contributed by atoms with Crippen LogP contribution in [0, 0.1) is 0 Å². The molecule has 2 nitrogen and oxygen atoms in total. The van der Waals surface area contributed by atoms with E-state index in [1.54, 1.807) is 0 Å². The van der Waals surface area contributed by atoms with Gasteiger partial charge < -0.3 is 10.2 Å². The summed E-state index contributed by atoms with van der Waals surface area (Å²) in [6, 6.07) is 15.8. The number of nitrogens with zero attached hydrogens (tertiary/aromatic N) is 1. The van der Waals surface area contributed by atoms with Crippen LogP contribution in [-0.2, 0) is 6.42 Å². The van der Waals surface area contributed by atoms with Gasteiger partial charge in [-0.3, -0.25) is 0 Å². The van der Waals surface area contributed by atoms with Crippen molar-refractivity contribution in [3.8, 4) is 0 Å². The predicted octanol–water partition coefficient (Wildman–Crippen LogP) is 3.70.